The Labute approximate surface area is 704 Å². The van der Waals surface area contributed by atoms with Crippen molar-refractivity contribution in [2.75, 3.05) is 26.4 Å². The Morgan fingerprint density at radius 2 is 0.692 bits per heavy atom. The fourth-order valence-corrected chi connectivity index (χ4v) is 16.5. The van der Waals surface area contributed by atoms with Crippen LogP contribution in [0, 0.1) is 5.92 Å². The molecule has 1 saturated carbocycles. The monoisotopic (exact) mass is 1690 g/mol. The number of ether oxygens (including phenoxy) is 8. The molecule has 19 atom stereocenters. The van der Waals surface area contributed by atoms with Crippen LogP contribution in [0.5, 0.6) is 0 Å². The second-order valence-electron chi connectivity index (χ2n) is 33.8. The normalized spacial score (nSPS) is 25.4. The number of phosphoric acid groups is 1. The Morgan fingerprint density at radius 3 is 1.11 bits per heavy atom. The lowest BCUT2D eigenvalue weighted by atomic mass is 9.84. The highest BCUT2D eigenvalue weighted by atomic mass is 31.2. The van der Waals surface area contributed by atoms with Gasteiger partial charge in [-0.2, -0.15) is 0 Å². The molecule has 26 heteroatoms. The van der Waals surface area contributed by atoms with Crippen LogP contribution in [0.2, 0.25) is 0 Å². The quantitative estimate of drug-likeness (QED) is 0.00889. The highest BCUT2D eigenvalue weighted by Gasteiger charge is 2.60. The van der Waals surface area contributed by atoms with Gasteiger partial charge in [0, 0.05) is 25.7 Å². The molecule has 3 rings (SSSR count). The van der Waals surface area contributed by atoms with E-state index in [4.69, 9.17) is 46.9 Å². The van der Waals surface area contributed by atoms with E-state index in [2.05, 4.69) is 58.9 Å². The topological polar surface area (TPSA) is 380 Å². The number of esters is 4. The molecule has 10 N–H and O–H groups in total. The summed E-state index contributed by atoms with van der Waals surface area (Å²) in [5.41, 5.74) is 0. The molecule has 0 bridgehead atoms. The average Bonchev–Trinajstić information content (AvgIpc) is 0.752. The Kier molecular flexibility index (Phi) is 64.0. The predicted molar refractivity (Wildman–Crippen MR) is 453 cm³/mol. The number of allylic oxidation sites excluding steroid dienone is 4. The average molecular weight is 1690 g/mol. The molecule has 2 heterocycles. The van der Waals surface area contributed by atoms with E-state index in [-0.39, 0.29) is 25.7 Å². The lowest BCUT2D eigenvalue weighted by Crippen LogP contribution is -2.70. The Hall–Kier alpha value is -3.05. The number of rotatable bonds is 75. The van der Waals surface area contributed by atoms with Gasteiger partial charge in [0.15, 0.2) is 24.8 Å². The van der Waals surface area contributed by atoms with Crippen molar-refractivity contribution in [2.24, 2.45) is 5.92 Å². The Bertz CT molecular complexity index is 2550. The van der Waals surface area contributed by atoms with Crippen LogP contribution in [0.15, 0.2) is 24.3 Å². The fraction of sp³-hybridized carbons (Fsp3) is 0.912. The van der Waals surface area contributed by atoms with Crippen LogP contribution in [0.3, 0.4) is 0 Å². The van der Waals surface area contributed by atoms with Crippen LogP contribution in [-0.4, -0.2) is 205 Å². The van der Waals surface area contributed by atoms with Gasteiger partial charge in [0.1, 0.15) is 92.6 Å². The van der Waals surface area contributed by atoms with Crippen LogP contribution < -0.4 is 0 Å². The molecule has 0 aromatic heterocycles. The van der Waals surface area contributed by atoms with Crippen molar-refractivity contribution in [1.82, 2.24) is 0 Å². The number of aliphatic hydroxyl groups is 9. The van der Waals surface area contributed by atoms with Gasteiger partial charge in [-0.3, -0.25) is 28.2 Å². The molecule has 117 heavy (non-hydrogen) atoms. The Balaban J connectivity index is 1.93. The molecule has 3 fully saturated rings. The first-order valence-electron chi connectivity index (χ1n) is 47.0. The van der Waals surface area contributed by atoms with Crippen LogP contribution in [0.4, 0.5) is 0 Å². The van der Waals surface area contributed by atoms with Gasteiger partial charge in [0.2, 0.25) is 0 Å². The van der Waals surface area contributed by atoms with Crippen molar-refractivity contribution in [3.8, 4) is 0 Å². The van der Waals surface area contributed by atoms with E-state index in [1.807, 2.05) is 0 Å². The van der Waals surface area contributed by atoms with E-state index in [9.17, 15) is 74.6 Å². The van der Waals surface area contributed by atoms with Crippen LogP contribution in [0.1, 0.15) is 394 Å². The first-order chi connectivity index (χ1) is 56.6. The van der Waals surface area contributed by atoms with Gasteiger partial charge in [-0.1, -0.05) is 316 Å². The second-order valence-corrected chi connectivity index (χ2v) is 35.2. The molecule has 0 aromatic rings. The van der Waals surface area contributed by atoms with Crippen molar-refractivity contribution in [3.63, 3.8) is 0 Å². The van der Waals surface area contributed by atoms with Gasteiger partial charge in [-0.25, -0.2) is 4.57 Å². The maximum Gasteiger partial charge on any atom is 0.472 e. The third kappa shape index (κ3) is 49.9. The zero-order valence-electron chi connectivity index (χ0n) is 73.2. The molecule has 2 aliphatic heterocycles. The van der Waals surface area contributed by atoms with Crippen molar-refractivity contribution < 1.29 is 122 Å². The van der Waals surface area contributed by atoms with Gasteiger partial charge in [0.05, 0.1) is 13.2 Å². The van der Waals surface area contributed by atoms with Crippen LogP contribution >= 0.6 is 7.82 Å². The maximum atomic E-state index is 14.9. The number of hydrogen-bond acceptors (Lipinski definition) is 24. The highest BCUT2D eigenvalue weighted by molar-refractivity contribution is 7.47. The van der Waals surface area contributed by atoms with Crippen molar-refractivity contribution >= 4 is 31.7 Å². The molecule has 1 aliphatic carbocycles. The minimum atomic E-state index is -5.81. The summed E-state index contributed by atoms with van der Waals surface area (Å²) in [6, 6.07) is 0. The number of unbranched alkanes of at least 4 members (excludes halogenated alkanes) is 43. The van der Waals surface area contributed by atoms with Crippen LogP contribution in [0.25, 0.3) is 0 Å². The number of aliphatic hydroxyl groups excluding tert-OH is 9. The number of carbonyl (C=O) groups is 4. The molecule has 2 saturated heterocycles. The summed E-state index contributed by atoms with van der Waals surface area (Å²) in [7, 11) is -5.81. The molecule has 0 spiro atoms. The summed E-state index contributed by atoms with van der Waals surface area (Å²) in [4.78, 5) is 66.5. The smallest absolute Gasteiger partial charge is 0.463 e. The van der Waals surface area contributed by atoms with E-state index in [1.165, 1.54) is 173 Å². The van der Waals surface area contributed by atoms with E-state index in [0.29, 0.717) is 50.9 Å². The second kappa shape index (κ2) is 69.3. The van der Waals surface area contributed by atoms with Gasteiger partial charge in [0.25, 0.3) is 0 Å². The van der Waals surface area contributed by atoms with Gasteiger partial charge < -0.3 is 88.7 Å². The van der Waals surface area contributed by atoms with E-state index >= 15 is 0 Å². The summed E-state index contributed by atoms with van der Waals surface area (Å²) in [6.07, 6.45) is 27.6. The molecule has 19 unspecified atom stereocenters. The van der Waals surface area contributed by atoms with E-state index in [1.54, 1.807) is 0 Å². The predicted octanol–water partition coefficient (Wildman–Crippen LogP) is 17.2. The van der Waals surface area contributed by atoms with Crippen LogP contribution in [-0.2, 0) is 70.7 Å². The lowest BCUT2D eigenvalue weighted by Gasteiger charge is -2.50. The minimum absolute atomic E-state index is 0.00645. The maximum absolute atomic E-state index is 14.9. The minimum Gasteiger partial charge on any atom is -0.463 e. The first kappa shape index (κ1) is 108. The highest BCUT2D eigenvalue weighted by Crippen LogP contribution is 2.49. The largest absolute Gasteiger partial charge is 0.472 e. The third-order valence-electron chi connectivity index (χ3n) is 23.1. The zero-order valence-corrected chi connectivity index (χ0v) is 74.1. The molecular formula is C91H167O25P. The fourth-order valence-electron chi connectivity index (χ4n) is 15.5. The van der Waals surface area contributed by atoms with E-state index < -0.39 is 162 Å². The number of carbonyl (C=O) groups excluding carboxylic acids is 4. The molecule has 0 amide bonds. The van der Waals surface area contributed by atoms with Crippen molar-refractivity contribution in [3.05, 3.63) is 24.3 Å². The number of phosphoric ester groups is 1. The third-order valence-corrected chi connectivity index (χ3v) is 24.1. The van der Waals surface area contributed by atoms with Gasteiger partial charge in [-0.15, -0.1) is 0 Å². The van der Waals surface area contributed by atoms with Gasteiger partial charge in [-0.05, 0) is 83.0 Å². The SMILES string of the molecule is CCCCCCCC/C=C\CCCCCC(=O)OCC1OC(OC2C(OC(=O)CCCCCCCCCCCCCCCCCC)C(O)C(O)C(OC3OC(CO)C(O)C(O)C3O)C2OP(=O)(O)OCC(COC(=O)CCCCCCCCC(C)CCCCCCCC)OC(=O)CCCCC/C=C\CCCCCCCC)C(O)C(O)C1O. The van der Waals surface area contributed by atoms with E-state index in [0.717, 1.165) is 116 Å². The molecule has 25 nitrogen and oxygen atoms in total. The summed E-state index contributed by atoms with van der Waals surface area (Å²) in [5.74, 6) is -2.31. The standard InChI is InChI=1S/C91H167O25P/c1-6-10-14-18-22-25-28-31-32-33-36-39-42-45-53-59-65-77(96)113-86-82(101)83(102)87(114-90-84(103)80(99)78(97)72(66-92)111-90)89(88(86)115-91-85(104)81(100)79(98)73(112-91)69-108-75(94)63-57-50-43-40-37-34-29-26-23-19-15-11-7-2)116-117(105,106)109-68-71(110-76(95)64-58-52-44-41-38-35-30-27-24-20-16-12-8-3)67-107-74(93)62-56-51-47-46-49-55-61-70(5)60-54-48-21-17-13-9-4/h34-35,37-38,70-73,78-92,97-104H,6-33,36,39-69H2,1-5H3,(H,105,106)/b37-34-,38-35-. The Morgan fingerprint density at radius 1 is 0.359 bits per heavy atom. The summed E-state index contributed by atoms with van der Waals surface area (Å²) in [6.45, 7) is 7.89. The first-order valence-corrected chi connectivity index (χ1v) is 48.5. The van der Waals surface area contributed by atoms with Gasteiger partial charge >= 0.3 is 31.7 Å². The summed E-state index contributed by atoms with van der Waals surface area (Å²) >= 11 is 0. The van der Waals surface area contributed by atoms with Crippen molar-refractivity contribution in [2.45, 2.75) is 498 Å². The molecule has 0 radical (unpaired) electrons. The molecule has 3 aliphatic rings. The number of hydrogen-bond donors (Lipinski definition) is 10. The summed E-state index contributed by atoms with van der Waals surface area (Å²) < 4.78 is 73.4. The van der Waals surface area contributed by atoms with Crippen molar-refractivity contribution in [1.29, 1.82) is 0 Å². The summed E-state index contributed by atoms with van der Waals surface area (Å²) in [5, 5.41) is 102. The zero-order chi connectivity index (χ0) is 85.5. The lowest BCUT2D eigenvalue weighted by molar-refractivity contribution is -0.360. The molecule has 686 valence electrons. The molecular weight excluding hydrogens is 1520 g/mol. The molecule has 0 aromatic carbocycles.